The molecule has 1 fully saturated rings. The number of hydrogen-bond donors (Lipinski definition) is 1. The Morgan fingerprint density at radius 1 is 1.38 bits per heavy atom. The number of piperidine rings is 1. The standard InChI is InChI=1S/C17H26N2O2/c1-13-6-7-14(2)16(11-13)21-10-8-17(20)19-9-4-3-5-15(19)12-18/h6-7,11,15H,3-5,8-10,12,18H2,1-2H3. The molecule has 1 aromatic rings. The van der Waals surface area contributed by atoms with Gasteiger partial charge in [-0.2, -0.15) is 0 Å². The molecule has 2 N–H and O–H groups in total. The molecule has 0 spiro atoms. The summed E-state index contributed by atoms with van der Waals surface area (Å²) in [6.45, 7) is 5.88. The number of nitrogens with two attached hydrogens (primary N) is 1. The Kier molecular flexibility index (Phi) is 5.62. The number of amides is 1. The maximum absolute atomic E-state index is 12.3. The van der Waals surface area contributed by atoms with Crippen molar-refractivity contribution >= 4 is 5.91 Å². The smallest absolute Gasteiger partial charge is 0.226 e. The van der Waals surface area contributed by atoms with Crippen molar-refractivity contribution in [2.45, 2.75) is 45.6 Å². The summed E-state index contributed by atoms with van der Waals surface area (Å²) in [6.07, 6.45) is 3.70. The van der Waals surface area contributed by atoms with E-state index >= 15 is 0 Å². The van der Waals surface area contributed by atoms with Crippen LogP contribution >= 0.6 is 0 Å². The fourth-order valence-electron chi connectivity index (χ4n) is 2.83. The van der Waals surface area contributed by atoms with Crippen molar-refractivity contribution in [2.75, 3.05) is 19.7 Å². The van der Waals surface area contributed by atoms with E-state index in [1.165, 1.54) is 12.0 Å². The molecule has 0 aromatic heterocycles. The second kappa shape index (κ2) is 7.46. The Morgan fingerprint density at radius 3 is 2.95 bits per heavy atom. The molecule has 0 saturated carbocycles. The summed E-state index contributed by atoms with van der Waals surface area (Å²) in [4.78, 5) is 14.2. The molecule has 2 rings (SSSR count). The van der Waals surface area contributed by atoms with Crippen LogP contribution in [0.25, 0.3) is 0 Å². The van der Waals surface area contributed by atoms with Gasteiger partial charge >= 0.3 is 0 Å². The molecule has 1 amide bonds. The van der Waals surface area contributed by atoms with Crippen LogP contribution in [-0.2, 0) is 4.79 Å². The minimum atomic E-state index is 0.162. The molecule has 21 heavy (non-hydrogen) atoms. The van der Waals surface area contributed by atoms with E-state index in [0.29, 0.717) is 19.6 Å². The molecular weight excluding hydrogens is 264 g/mol. The predicted octanol–water partition coefficient (Wildman–Crippen LogP) is 2.41. The average molecular weight is 290 g/mol. The van der Waals surface area contributed by atoms with Crippen LogP contribution in [0.4, 0.5) is 0 Å². The van der Waals surface area contributed by atoms with Crippen molar-refractivity contribution in [1.29, 1.82) is 0 Å². The summed E-state index contributed by atoms with van der Waals surface area (Å²) in [5.41, 5.74) is 8.03. The molecule has 0 aliphatic carbocycles. The number of nitrogens with zero attached hydrogens (tertiary/aromatic N) is 1. The van der Waals surface area contributed by atoms with Crippen LogP contribution in [-0.4, -0.2) is 36.5 Å². The lowest BCUT2D eigenvalue weighted by Gasteiger charge is -2.35. The summed E-state index contributed by atoms with van der Waals surface area (Å²) in [5, 5.41) is 0. The minimum Gasteiger partial charge on any atom is -0.493 e. The van der Waals surface area contributed by atoms with E-state index < -0.39 is 0 Å². The van der Waals surface area contributed by atoms with Crippen LogP contribution in [0.5, 0.6) is 5.75 Å². The number of benzene rings is 1. The quantitative estimate of drug-likeness (QED) is 0.906. The van der Waals surface area contributed by atoms with Gasteiger partial charge in [-0.3, -0.25) is 4.79 Å². The highest BCUT2D eigenvalue weighted by molar-refractivity contribution is 5.76. The van der Waals surface area contributed by atoms with Gasteiger partial charge in [-0.1, -0.05) is 12.1 Å². The van der Waals surface area contributed by atoms with Gasteiger partial charge in [0.15, 0.2) is 0 Å². The van der Waals surface area contributed by atoms with Crippen molar-refractivity contribution in [3.8, 4) is 5.75 Å². The van der Waals surface area contributed by atoms with Crippen LogP contribution in [0.2, 0.25) is 0 Å². The van der Waals surface area contributed by atoms with Gasteiger partial charge in [-0.15, -0.1) is 0 Å². The fraction of sp³-hybridized carbons (Fsp3) is 0.588. The van der Waals surface area contributed by atoms with Crippen molar-refractivity contribution in [3.05, 3.63) is 29.3 Å². The lowest BCUT2D eigenvalue weighted by molar-refractivity contribution is -0.135. The van der Waals surface area contributed by atoms with E-state index in [4.69, 9.17) is 10.5 Å². The van der Waals surface area contributed by atoms with Crippen molar-refractivity contribution in [3.63, 3.8) is 0 Å². The Balaban J connectivity index is 1.85. The SMILES string of the molecule is Cc1ccc(C)c(OCCC(=O)N2CCCCC2CN)c1. The molecule has 1 aromatic carbocycles. The highest BCUT2D eigenvalue weighted by Gasteiger charge is 2.25. The molecule has 1 unspecified atom stereocenters. The average Bonchev–Trinajstić information content (AvgIpc) is 2.50. The number of rotatable bonds is 5. The number of carbonyl (C=O) groups excluding carboxylic acids is 1. The van der Waals surface area contributed by atoms with E-state index in [9.17, 15) is 4.79 Å². The number of likely N-dealkylation sites (tertiary alicyclic amines) is 1. The van der Waals surface area contributed by atoms with Crippen LogP contribution in [0.15, 0.2) is 18.2 Å². The van der Waals surface area contributed by atoms with Crippen LogP contribution in [0.3, 0.4) is 0 Å². The van der Waals surface area contributed by atoms with Gasteiger partial charge in [-0.25, -0.2) is 0 Å². The Morgan fingerprint density at radius 2 is 2.19 bits per heavy atom. The van der Waals surface area contributed by atoms with Crippen molar-refractivity contribution in [2.24, 2.45) is 5.73 Å². The summed E-state index contributed by atoms with van der Waals surface area (Å²) < 4.78 is 5.77. The first-order valence-corrected chi connectivity index (χ1v) is 7.81. The maximum atomic E-state index is 12.3. The molecule has 1 atom stereocenters. The molecule has 4 nitrogen and oxygen atoms in total. The summed E-state index contributed by atoms with van der Waals surface area (Å²) in [7, 11) is 0. The van der Waals surface area contributed by atoms with Gasteiger partial charge in [0.05, 0.1) is 13.0 Å². The monoisotopic (exact) mass is 290 g/mol. The van der Waals surface area contributed by atoms with Crippen molar-refractivity contribution in [1.82, 2.24) is 4.90 Å². The van der Waals surface area contributed by atoms with E-state index in [1.807, 2.05) is 30.9 Å². The number of ether oxygens (including phenoxy) is 1. The largest absolute Gasteiger partial charge is 0.493 e. The van der Waals surface area contributed by atoms with Gasteiger partial charge < -0.3 is 15.4 Å². The molecule has 116 valence electrons. The van der Waals surface area contributed by atoms with E-state index in [0.717, 1.165) is 30.7 Å². The Labute approximate surface area is 127 Å². The maximum Gasteiger partial charge on any atom is 0.226 e. The highest BCUT2D eigenvalue weighted by Crippen LogP contribution is 2.20. The second-order valence-corrected chi connectivity index (χ2v) is 5.84. The van der Waals surface area contributed by atoms with Gasteiger partial charge in [-0.05, 0) is 50.3 Å². The lowest BCUT2D eigenvalue weighted by Crippen LogP contribution is -2.47. The molecule has 0 bridgehead atoms. The molecule has 1 heterocycles. The molecule has 0 radical (unpaired) electrons. The van der Waals surface area contributed by atoms with Crippen LogP contribution < -0.4 is 10.5 Å². The molecule has 1 saturated heterocycles. The molecule has 4 heteroatoms. The highest BCUT2D eigenvalue weighted by atomic mass is 16.5. The molecular formula is C17H26N2O2. The zero-order valence-corrected chi connectivity index (χ0v) is 13.1. The number of carbonyl (C=O) groups is 1. The van der Waals surface area contributed by atoms with Gasteiger partial charge in [0.1, 0.15) is 5.75 Å². The molecule has 1 aliphatic rings. The molecule has 1 aliphatic heterocycles. The van der Waals surface area contributed by atoms with E-state index in [2.05, 4.69) is 6.07 Å². The minimum absolute atomic E-state index is 0.162. The zero-order chi connectivity index (χ0) is 15.2. The number of aryl methyl sites for hydroxylation is 2. The lowest BCUT2D eigenvalue weighted by atomic mass is 10.0. The van der Waals surface area contributed by atoms with Gasteiger partial charge in [0, 0.05) is 19.1 Å². The second-order valence-electron chi connectivity index (χ2n) is 5.84. The zero-order valence-electron chi connectivity index (χ0n) is 13.1. The first-order valence-electron chi connectivity index (χ1n) is 7.81. The van der Waals surface area contributed by atoms with Crippen LogP contribution in [0, 0.1) is 13.8 Å². The van der Waals surface area contributed by atoms with Gasteiger partial charge in [0.25, 0.3) is 0 Å². The topological polar surface area (TPSA) is 55.6 Å². The summed E-state index contributed by atoms with van der Waals surface area (Å²) >= 11 is 0. The third kappa shape index (κ3) is 4.21. The van der Waals surface area contributed by atoms with E-state index in [-0.39, 0.29) is 11.9 Å². The number of hydrogen-bond acceptors (Lipinski definition) is 3. The first kappa shape index (κ1) is 15.8. The fourth-order valence-corrected chi connectivity index (χ4v) is 2.83. The van der Waals surface area contributed by atoms with Gasteiger partial charge in [0.2, 0.25) is 5.91 Å². The van der Waals surface area contributed by atoms with Crippen molar-refractivity contribution < 1.29 is 9.53 Å². The first-order chi connectivity index (χ1) is 10.1. The third-order valence-electron chi connectivity index (χ3n) is 4.14. The summed E-state index contributed by atoms with van der Waals surface area (Å²) in [6, 6.07) is 6.34. The van der Waals surface area contributed by atoms with E-state index in [1.54, 1.807) is 0 Å². The predicted molar refractivity (Wildman–Crippen MR) is 84.4 cm³/mol. The summed E-state index contributed by atoms with van der Waals surface area (Å²) in [5.74, 6) is 1.03. The third-order valence-corrected chi connectivity index (χ3v) is 4.14. The normalized spacial score (nSPS) is 18.6. The van der Waals surface area contributed by atoms with Crippen LogP contribution in [0.1, 0.15) is 36.8 Å². The Bertz CT molecular complexity index is 488. The Hall–Kier alpha value is -1.55.